The van der Waals surface area contributed by atoms with Gasteiger partial charge in [0, 0.05) is 5.56 Å². The van der Waals surface area contributed by atoms with Crippen molar-refractivity contribution < 1.29 is 8.81 Å². The van der Waals surface area contributed by atoms with E-state index >= 15 is 0 Å². The molecule has 84 valence electrons. The van der Waals surface area contributed by atoms with Gasteiger partial charge in [-0.25, -0.2) is 4.39 Å². The second-order valence-corrected chi connectivity index (χ2v) is 4.24. The lowest BCUT2D eigenvalue weighted by atomic mass is 10.0. The first-order valence-corrected chi connectivity index (χ1v) is 5.47. The van der Waals surface area contributed by atoms with Crippen LogP contribution in [0.1, 0.15) is 27.8 Å². The fraction of sp³-hybridized carbons (Fsp3) is 0.231. The first kappa shape index (κ1) is 11.2. The van der Waals surface area contributed by atoms with E-state index in [1.807, 2.05) is 13.0 Å². The maximum Gasteiger partial charge on any atom is 0.126 e. The summed E-state index contributed by atoms with van der Waals surface area (Å²) in [5, 5.41) is -0.293. The first-order valence-electron chi connectivity index (χ1n) is 5.03. The van der Waals surface area contributed by atoms with E-state index in [0.717, 1.165) is 16.9 Å². The minimum Gasteiger partial charge on any atom is -0.469 e. The maximum absolute atomic E-state index is 13.1. The Morgan fingerprint density at radius 3 is 2.56 bits per heavy atom. The molecule has 0 aliphatic rings. The smallest absolute Gasteiger partial charge is 0.126 e. The standard InChI is InChI=1S/C13H12ClFO/c1-8-7-10(3-4-12(8)15)13(14)11-5-6-16-9(11)2/h3-7,13H,1-2H3. The molecular weight excluding hydrogens is 227 g/mol. The third kappa shape index (κ3) is 1.98. The molecule has 16 heavy (non-hydrogen) atoms. The van der Waals surface area contributed by atoms with Crippen LogP contribution < -0.4 is 0 Å². The van der Waals surface area contributed by atoms with E-state index in [9.17, 15) is 4.39 Å². The van der Waals surface area contributed by atoms with E-state index in [1.165, 1.54) is 6.07 Å². The van der Waals surface area contributed by atoms with Gasteiger partial charge in [-0.2, -0.15) is 0 Å². The molecule has 3 heteroatoms. The van der Waals surface area contributed by atoms with Crippen molar-refractivity contribution in [2.45, 2.75) is 19.2 Å². The Hall–Kier alpha value is -1.28. The molecule has 2 aromatic rings. The van der Waals surface area contributed by atoms with Gasteiger partial charge in [-0.15, -0.1) is 11.6 Å². The molecule has 0 bridgehead atoms. The van der Waals surface area contributed by atoms with E-state index in [1.54, 1.807) is 25.3 Å². The normalized spacial score (nSPS) is 12.8. The monoisotopic (exact) mass is 238 g/mol. The average molecular weight is 239 g/mol. The van der Waals surface area contributed by atoms with Crippen LogP contribution in [-0.4, -0.2) is 0 Å². The second kappa shape index (κ2) is 4.30. The van der Waals surface area contributed by atoms with Gasteiger partial charge < -0.3 is 4.42 Å². The zero-order valence-corrected chi connectivity index (χ0v) is 9.88. The largest absolute Gasteiger partial charge is 0.469 e. The number of alkyl halides is 1. The van der Waals surface area contributed by atoms with E-state index in [-0.39, 0.29) is 11.2 Å². The van der Waals surface area contributed by atoms with E-state index in [0.29, 0.717) is 5.56 Å². The second-order valence-electron chi connectivity index (χ2n) is 3.80. The van der Waals surface area contributed by atoms with Crippen LogP contribution in [0.25, 0.3) is 0 Å². The number of benzene rings is 1. The van der Waals surface area contributed by atoms with Crippen LogP contribution in [0, 0.1) is 19.7 Å². The summed E-state index contributed by atoms with van der Waals surface area (Å²) in [5.74, 6) is 0.582. The maximum atomic E-state index is 13.1. The minimum atomic E-state index is -0.293. The van der Waals surface area contributed by atoms with Gasteiger partial charge in [-0.3, -0.25) is 0 Å². The highest BCUT2D eigenvalue weighted by Gasteiger charge is 2.15. The van der Waals surface area contributed by atoms with Gasteiger partial charge in [-0.1, -0.05) is 12.1 Å². The molecule has 1 unspecified atom stereocenters. The van der Waals surface area contributed by atoms with Crippen molar-refractivity contribution in [3.8, 4) is 0 Å². The van der Waals surface area contributed by atoms with Crippen molar-refractivity contribution in [2.24, 2.45) is 0 Å². The molecule has 0 saturated carbocycles. The lowest BCUT2D eigenvalue weighted by molar-refractivity contribution is 0.530. The van der Waals surface area contributed by atoms with Crippen molar-refractivity contribution in [1.82, 2.24) is 0 Å². The third-order valence-electron chi connectivity index (χ3n) is 2.65. The summed E-state index contributed by atoms with van der Waals surface area (Å²) in [4.78, 5) is 0. The van der Waals surface area contributed by atoms with Gasteiger partial charge >= 0.3 is 0 Å². The van der Waals surface area contributed by atoms with Crippen LogP contribution in [0.3, 0.4) is 0 Å². The van der Waals surface area contributed by atoms with Gasteiger partial charge in [-0.05, 0) is 37.1 Å². The molecule has 1 atom stereocenters. The summed E-state index contributed by atoms with van der Waals surface area (Å²) in [6, 6.07) is 6.74. The summed E-state index contributed by atoms with van der Waals surface area (Å²) in [5.41, 5.74) is 2.40. The van der Waals surface area contributed by atoms with Gasteiger partial charge in [0.1, 0.15) is 11.6 Å². The van der Waals surface area contributed by atoms with Crippen LogP contribution in [0.5, 0.6) is 0 Å². The number of hydrogen-bond acceptors (Lipinski definition) is 1. The van der Waals surface area contributed by atoms with Gasteiger partial charge in [0.05, 0.1) is 11.6 Å². The Bertz CT molecular complexity index is 504. The number of rotatable bonds is 2. The van der Waals surface area contributed by atoms with Crippen molar-refractivity contribution in [3.05, 3.63) is 58.8 Å². The molecule has 0 aliphatic heterocycles. The highest BCUT2D eigenvalue weighted by Crippen LogP contribution is 2.32. The van der Waals surface area contributed by atoms with E-state index < -0.39 is 0 Å². The van der Waals surface area contributed by atoms with Gasteiger partial charge in [0.15, 0.2) is 0 Å². The fourth-order valence-corrected chi connectivity index (χ4v) is 2.02. The highest BCUT2D eigenvalue weighted by atomic mass is 35.5. The molecule has 2 rings (SSSR count). The van der Waals surface area contributed by atoms with Crippen LogP contribution in [0.2, 0.25) is 0 Å². The average Bonchev–Trinajstić information content (AvgIpc) is 2.67. The molecule has 0 aliphatic carbocycles. The molecule has 0 saturated heterocycles. The summed E-state index contributed by atoms with van der Waals surface area (Å²) in [6.45, 7) is 3.59. The molecule has 1 aromatic carbocycles. The molecule has 0 spiro atoms. The molecule has 0 radical (unpaired) electrons. The number of hydrogen-bond donors (Lipinski definition) is 0. The Balaban J connectivity index is 2.38. The number of aryl methyl sites for hydroxylation is 2. The van der Waals surface area contributed by atoms with Crippen LogP contribution in [0.4, 0.5) is 4.39 Å². The van der Waals surface area contributed by atoms with E-state index in [4.69, 9.17) is 16.0 Å². The van der Waals surface area contributed by atoms with Crippen LogP contribution >= 0.6 is 11.6 Å². The summed E-state index contributed by atoms with van der Waals surface area (Å²) in [6.07, 6.45) is 1.61. The van der Waals surface area contributed by atoms with Crippen molar-refractivity contribution >= 4 is 11.6 Å². The molecule has 1 nitrogen and oxygen atoms in total. The van der Waals surface area contributed by atoms with Crippen molar-refractivity contribution in [3.63, 3.8) is 0 Å². The van der Waals surface area contributed by atoms with Gasteiger partial charge in [0.25, 0.3) is 0 Å². The Morgan fingerprint density at radius 1 is 1.25 bits per heavy atom. The molecule has 0 fully saturated rings. The number of furan rings is 1. The Labute approximate surface area is 98.8 Å². The van der Waals surface area contributed by atoms with Crippen molar-refractivity contribution in [2.75, 3.05) is 0 Å². The van der Waals surface area contributed by atoms with Crippen LogP contribution in [-0.2, 0) is 0 Å². The quantitative estimate of drug-likeness (QED) is 0.709. The summed E-state index contributed by atoms with van der Waals surface area (Å²) < 4.78 is 18.3. The van der Waals surface area contributed by atoms with Gasteiger partial charge in [0.2, 0.25) is 0 Å². The summed E-state index contributed by atoms with van der Waals surface area (Å²) in [7, 11) is 0. The van der Waals surface area contributed by atoms with Crippen molar-refractivity contribution in [1.29, 1.82) is 0 Å². The lowest BCUT2D eigenvalue weighted by Gasteiger charge is -2.10. The Kier molecular flexibility index (Phi) is 3.01. The van der Waals surface area contributed by atoms with Crippen LogP contribution in [0.15, 0.2) is 34.9 Å². The third-order valence-corrected chi connectivity index (χ3v) is 3.13. The SMILES string of the molecule is Cc1cc(C(Cl)c2ccoc2C)ccc1F. The fourth-order valence-electron chi connectivity index (χ4n) is 1.66. The topological polar surface area (TPSA) is 13.1 Å². The lowest BCUT2D eigenvalue weighted by Crippen LogP contribution is -1.95. The Morgan fingerprint density at radius 2 is 2.00 bits per heavy atom. The zero-order chi connectivity index (χ0) is 11.7. The molecule has 1 aromatic heterocycles. The predicted molar refractivity (Wildman–Crippen MR) is 62.3 cm³/mol. The first-order chi connectivity index (χ1) is 7.59. The number of halogens is 2. The predicted octanol–water partition coefficient (Wildman–Crippen LogP) is 4.36. The minimum absolute atomic E-state index is 0.212. The zero-order valence-electron chi connectivity index (χ0n) is 9.13. The summed E-state index contributed by atoms with van der Waals surface area (Å²) >= 11 is 6.32. The molecule has 0 N–H and O–H groups in total. The molecule has 0 amide bonds. The molecule has 1 heterocycles. The molecular formula is C13H12ClFO. The van der Waals surface area contributed by atoms with E-state index in [2.05, 4.69) is 0 Å². The highest BCUT2D eigenvalue weighted by molar-refractivity contribution is 6.22.